The minimum Gasteiger partial charge on any atom is -0.382 e. The molecular weight excluding hydrogens is 444 g/mol. The number of rotatable bonds is 5. The molecule has 0 unspecified atom stereocenters. The number of hydrogen-bond donors (Lipinski definition) is 1. The number of likely N-dealkylation sites (tertiary alicyclic amines) is 1. The van der Waals surface area contributed by atoms with Crippen molar-refractivity contribution >= 4 is 22.2 Å². The first-order chi connectivity index (χ1) is 17.6. The van der Waals surface area contributed by atoms with Gasteiger partial charge in [-0.25, -0.2) is 15.0 Å². The Morgan fingerprint density at radius 2 is 1.81 bits per heavy atom. The van der Waals surface area contributed by atoms with E-state index in [1.807, 2.05) is 12.3 Å². The molecule has 4 heterocycles. The summed E-state index contributed by atoms with van der Waals surface area (Å²) in [4.78, 5) is 17.2. The Labute approximate surface area is 210 Å². The zero-order valence-corrected chi connectivity index (χ0v) is 20.6. The minimum atomic E-state index is 0.463. The molecular formula is C30H30N6. The SMILES string of the molecule is Cc1cc(-c2ccccc2)nc2cc(-c3nc(C4CC(CN5CCC5)C4)n4ccnc(N)c34)ccc12. The van der Waals surface area contributed by atoms with Crippen LogP contribution in [-0.2, 0) is 0 Å². The van der Waals surface area contributed by atoms with Gasteiger partial charge >= 0.3 is 0 Å². The summed E-state index contributed by atoms with van der Waals surface area (Å²) in [5.74, 6) is 2.86. The second-order valence-corrected chi connectivity index (χ2v) is 10.5. The van der Waals surface area contributed by atoms with Crippen molar-refractivity contribution in [1.29, 1.82) is 0 Å². The fourth-order valence-corrected chi connectivity index (χ4v) is 5.91. The average molecular weight is 475 g/mol. The molecule has 1 aliphatic carbocycles. The number of hydrogen-bond acceptors (Lipinski definition) is 5. The van der Waals surface area contributed by atoms with E-state index in [9.17, 15) is 0 Å². The maximum atomic E-state index is 6.43. The van der Waals surface area contributed by atoms with E-state index in [0.717, 1.165) is 50.7 Å². The highest BCUT2D eigenvalue weighted by Crippen LogP contribution is 2.44. The van der Waals surface area contributed by atoms with E-state index in [-0.39, 0.29) is 0 Å². The standard InChI is InChI=1S/C30H30N6/c1-19-14-25(21-6-3-2-4-7-21)33-26-17-22(8-9-24(19)26)27-28-29(31)32-10-13-36(28)30(34-27)23-15-20(16-23)18-35-11-5-12-35/h2-4,6-10,13-14,17,20,23H,5,11-12,15-16,18H2,1H3,(H2,31,32). The number of nitrogens with two attached hydrogens (primary N) is 1. The minimum absolute atomic E-state index is 0.463. The maximum absolute atomic E-state index is 6.43. The molecule has 5 aromatic rings. The van der Waals surface area contributed by atoms with Crippen molar-refractivity contribution in [2.75, 3.05) is 25.4 Å². The van der Waals surface area contributed by atoms with E-state index in [4.69, 9.17) is 15.7 Å². The van der Waals surface area contributed by atoms with E-state index in [0.29, 0.717) is 11.7 Å². The number of aryl methyl sites for hydroxylation is 1. The molecule has 0 atom stereocenters. The predicted molar refractivity (Wildman–Crippen MR) is 145 cm³/mol. The third kappa shape index (κ3) is 3.56. The molecule has 0 radical (unpaired) electrons. The monoisotopic (exact) mass is 474 g/mol. The summed E-state index contributed by atoms with van der Waals surface area (Å²) >= 11 is 0. The molecule has 2 fully saturated rings. The van der Waals surface area contributed by atoms with Crippen LogP contribution in [0.2, 0.25) is 0 Å². The van der Waals surface area contributed by atoms with Gasteiger partial charge in [0.05, 0.1) is 11.2 Å². The molecule has 2 N–H and O–H groups in total. The van der Waals surface area contributed by atoms with Gasteiger partial charge in [-0.3, -0.25) is 4.40 Å². The summed E-state index contributed by atoms with van der Waals surface area (Å²) < 4.78 is 2.17. The highest BCUT2D eigenvalue weighted by molar-refractivity contribution is 5.92. The zero-order chi connectivity index (χ0) is 24.2. The number of nitrogen functional groups attached to an aromatic ring is 1. The highest BCUT2D eigenvalue weighted by Gasteiger charge is 2.36. The lowest BCUT2D eigenvalue weighted by Crippen LogP contribution is -2.43. The molecule has 0 spiro atoms. The predicted octanol–water partition coefficient (Wildman–Crippen LogP) is 5.70. The molecule has 3 aromatic heterocycles. The second-order valence-electron chi connectivity index (χ2n) is 10.5. The Morgan fingerprint density at radius 3 is 2.58 bits per heavy atom. The van der Waals surface area contributed by atoms with E-state index in [1.54, 1.807) is 6.20 Å². The largest absolute Gasteiger partial charge is 0.382 e. The van der Waals surface area contributed by atoms with Crippen LogP contribution < -0.4 is 5.73 Å². The molecule has 6 heteroatoms. The number of pyridine rings is 1. The first-order valence-electron chi connectivity index (χ1n) is 13.0. The molecule has 1 saturated carbocycles. The van der Waals surface area contributed by atoms with Crippen molar-refractivity contribution in [2.45, 2.75) is 32.1 Å². The fraction of sp³-hybridized carbons (Fsp3) is 0.300. The molecule has 1 saturated heterocycles. The van der Waals surface area contributed by atoms with Crippen molar-refractivity contribution < 1.29 is 0 Å². The number of benzene rings is 2. The van der Waals surface area contributed by atoms with Crippen molar-refractivity contribution in [3.63, 3.8) is 0 Å². The molecule has 180 valence electrons. The molecule has 0 bridgehead atoms. The topological polar surface area (TPSA) is 72.3 Å². The molecule has 0 amide bonds. The maximum Gasteiger partial charge on any atom is 0.150 e. The Balaban J connectivity index is 1.29. The number of anilines is 1. The van der Waals surface area contributed by atoms with E-state index in [2.05, 4.69) is 69.7 Å². The zero-order valence-electron chi connectivity index (χ0n) is 20.6. The molecule has 2 aliphatic rings. The highest BCUT2D eigenvalue weighted by atomic mass is 15.2. The van der Waals surface area contributed by atoms with Crippen LogP contribution in [0.15, 0.2) is 67.0 Å². The smallest absolute Gasteiger partial charge is 0.150 e. The normalized spacial score (nSPS) is 19.9. The Hall–Kier alpha value is -3.77. The van der Waals surface area contributed by atoms with Crippen molar-refractivity contribution in [2.24, 2.45) is 5.92 Å². The first-order valence-corrected chi connectivity index (χ1v) is 13.0. The molecule has 6 nitrogen and oxygen atoms in total. The summed E-state index contributed by atoms with van der Waals surface area (Å²) in [6.07, 6.45) is 7.53. The molecule has 7 rings (SSSR count). The number of nitrogens with zero attached hydrogens (tertiary/aromatic N) is 5. The third-order valence-corrected chi connectivity index (χ3v) is 8.04. The first kappa shape index (κ1) is 21.5. The number of imidazole rings is 1. The van der Waals surface area contributed by atoms with Crippen LogP contribution in [0.25, 0.3) is 38.9 Å². The van der Waals surface area contributed by atoms with Crippen molar-refractivity contribution in [3.05, 3.63) is 78.4 Å². The number of aromatic nitrogens is 4. The van der Waals surface area contributed by atoms with Gasteiger partial charge < -0.3 is 10.6 Å². The lowest BCUT2D eigenvalue weighted by Gasteiger charge is -2.41. The van der Waals surface area contributed by atoms with Gasteiger partial charge in [-0.15, -0.1) is 0 Å². The van der Waals surface area contributed by atoms with E-state index in [1.165, 1.54) is 44.5 Å². The van der Waals surface area contributed by atoms with Gasteiger partial charge in [0.15, 0.2) is 0 Å². The lowest BCUT2D eigenvalue weighted by atomic mass is 9.74. The van der Waals surface area contributed by atoms with Gasteiger partial charge in [-0.05, 0) is 62.9 Å². The summed E-state index contributed by atoms with van der Waals surface area (Å²) in [6.45, 7) is 5.91. The van der Waals surface area contributed by atoms with Crippen LogP contribution in [0.1, 0.15) is 36.6 Å². The van der Waals surface area contributed by atoms with E-state index < -0.39 is 0 Å². The van der Waals surface area contributed by atoms with Gasteiger partial charge in [-0.2, -0.15) is 0 Å². The second kappa shape index (κ2) is 8.42. The summed E-state index contributed by atoms with van der Waals surface area (Å²) in [6, 6.07) is 19.0. The van der Waals surface area contributed by atoms with Crippen molar-refractivity contribution in [1.82, 2.24) is 24.3 Å². The van der Waals surface area contributed by atoms with Crippen LogP contribution in [0.4, 0.5) is 5.82 Å². The lowest BCUT2D eigenvalue weighted by molar-refractivity contribution is 0.107. The van der Waals surface area contributed by atoms with Gasteiger partial charge in [-0.1, -0.05) is 42.5 Å². The quantitative estimate of drug-likeness (QED) is 0.354. The fourth-order valence-electron chi connectivity index (χ4n) is 5.91. The Bertz CT molecular complexity index is 1580. The summed E-state index contributed by atoms with van der Waals surface area (Å²) in [7, 11) is 0. The van der Waals surface area contributed by atoms with Crippen LogP contribution in [0, 0.1) is 12.8 Å². The van der Waals surface area contributed by atoms with Gasteiger partial charge in [0, 0.05) is 41.4 Å². The molecule has 36 heavy (non-hydrogen) atoms. The summed E-state index contributed by atoms with van der Waals surface area (Å²) in [5, 5.41) is 1.15. The van der Waals surface area contributed by atoms with Gasteiger partial charge in [0.25, 0.3) is 0 Å². The number of fused-ring (bicyclic) bond motifs is 2. The Kier molecular flexibility index (Phi) is 5.03. The molecule has 2 aromatic carbocycles. The Morgan fingerprint density at radius 1 is 0.972 bits per heavy atom. The van der Waals surface area contributed by atoms with E-state index >= 15 is 0 Å². The third-order valence-electron chi connectivity index (χ3n) is 8.04. The van der Waals surface area contributed by atoms with Gasteiger partial charge in [0.1, 0.15) is 22.9 Å². The van der Waals surface area contributed by atoms with Crippen LogP contribution >= 0.6 is 0 Å². The van der Waals surface area contributed by atoms with Crippen LogP contribution in [-0.4, -0.2) is 43.9 Å². The summed E-state index contributed by atoms with van der Waals surface area (Å²) in [5.41, 5.74) is 13.5. The van der Waals surface area contributed by atoms with Crippen LogP contribution in [0.3, 0.4) is 0 Å². The van der Waals surface area contributed by atoms with Gasteiger partial charge in [0.2, 0.25) is 0 Å². The van der Waals surface area contributed by atoms with Crippen molar-refractivity contribution in [3.8, 4) is 22.5 Å². The van der Waals surface area contributed by atoms with Crippen LogP contribution in [0.5, 0.6) is 0 Å². The average Bonchev–Trinajstić information content (AvgIpc) is 3.23. The molecule has 1 aliphatic heterocycles.